The molecule has 6 heteroatoms. The summed E-state index contributed by atoms with van der Waals surface area (Å²) < 4.78 is 16.8. The molecule has 0 saturated carbocycles. The number of rotatable bonds is 50. The third-order valence-electron chi connectivity index (χ3n) is 12.0. The summed E-state index contributed by atoms with van der Waals surface area (Å²) in [6.07, 6.45) is 69.0. The van der Waals surface area contributed by atoms with Gasteiger partial charge in [0.1, 0.15) is 13.2 Å². The van der Waals surface area contributed by atoms with Crippen molar-refractivity contribution >= 4 is 17.9 Å². The minimum atomic E-state index is -0.815. The first-order valence-corrected chi connectivity index (χ1v) is 27.9. The Hall–Kier alpha value is -3.15. The predicted molar refractivity (Wildman–Crippen MR) is 284 cm³/mol. The molecule has 0 heterocycles. The number of hydrogen-bond donors (Lipinski definition) is 0. The second-order valence-electron chi connectivity index (χ2n) is 18.5. The van der Waals surface area contributed by atoms with E-state index in [-0.39, 0.29) is 37.5 Å². The van der Waals surface area contributed by atoms with Gasteiger partial charge in [0.25, 0.3) is 0 Å². The molecule has 0 aliphatic rings. The summed E-state index contributed by atoms with van der Waals surface area (Å²) in [5.41, 5.74) is 0. The summed E-state index contributed by atoms with van der Waals surface area (Å²) in [6, 6.07) is 0. The van der Waals surface area contributed by atoms with Gasteiger partial charge in [0, 0.05) is 19.3 Å². The summed E-state index contributed by atoms with van der Waals surface area (Å²) >= 11 is 0. The maximum atomic E-state index is 12.8. The van der Waals surface area contributed by atoms with Gasteiger partial charge in [-0.3, -0.25) is 14.4 Å². The van der Waals surface area contributed by atoms with Crippen molar-refractivity contribution in [3.05, 3.63) is 72.9 Å². The van der Waals surface area contributed by atoms with Crippen LogP contribution in [0.3, 0.4) is 0 Å². The molecule has 0 aliphatic carbocycles. The van der Waals surface area contributed by atoms with E-state index >= 15 is 0 Å². The Morgan fingerprint density at radius 2 is 0.621 bits per heavy atom. The summed E-state index contributed by atoms with van der Waals surface area (Å²) in [4.78, 5) is 38.1. The van der Waals surface area contributed by atoms with E-state index in [9.17, 15) is 14.4 Å². The van der Waals surface area contributed by atoms with Gasteiger partial charge in [-0.25, -0.2) is 0 Å². The lowest BCUT2D eigenvalue weighted by Crippen LogP contribution is -2.30. The van der Waals surface area contributed by atoms with Crippen molar-refractivity contribution in [2.45, 2.75) is 277 Å². The molecule has 0 spiro atoms. The van der Waals surface area contributed by atoms with Crippen LogP contribution in [0.1, 0.15) is 271 Å². The van der Waals surface area contributed by atoms with E-state index in [0.717, 1.165) is 70.6 Å². The Bertz CT molecular complexity index is 1240. The topological polar surface area (TPSA) is 78.9 Å². The van der Waals surface area contributed by atoms with Crippen molar-refractivity contribution < 1.29 is 28.6 Å². The van der Waals surface area contributed by atoms with Gasteiger partial charge in [-0.15, -0.1) is 0 Å². The standard InChI is InChI=1S/C60H104O6/c1-4-7-10-13-16-19-22-25-28-30-33-35-38-41-44-47-50-53-59(62)65-56-57(55-64-58(61)52-49-46-43-40-37-34-31-27-24-21-18-15-12-9-6-3)66-60(63)54-51-48-45-42-39-36-32-29-26-23-20-17-14-11-8-5-2/h8,11,17,20,25-26,28-29,36,39,45,48,57H,4-7,9-10,12-16,18-19,21-24,27,30-35,37-38,40-44,46-47,49-56H2,1-3H3/b11-8-,20-17-,28-25-,29-26-,39-36-,48-45-. The van der Waals surface area contributed by atoms with Gasteiger partial charge in [0.2, 0.25) is 0 Å². The zero-order valence-electron chi connectivity index (χ0n) is 43.4. The highest BCUT2D eigenvalue weighted by Crippen LogP contribution is 2.15. The van der Waals surface area contributed by atoms with E-state index in [1.807, 2.05) is 6.08 Å². The van der Waals surface area contributed by atoms with E-state index in [2.05, 4.69) is 87.6 Å². The van der Waals surface area contributed by atoms with Crippen LogP contribution in [0, 0.1) is 0 Å². The first-order valence-electron chi connectivity index (χ1n) is 27.9. The second kappa shape index (κ2) is 54.5. The van der Waals surface area contributed by atoms with Crippen molar-refractivity contribution in [1.82, 2.24) is 0 Å². The average molecular weight is 921 g/mol. The Labute approximate surface area is 408 Å². The van der Waals surface area contributed by atoms with Crippen LogP contribution in [-0.4, -0.2) is 37.2 Å². The second-order valence-corrected chi connectivity index (χ2v) is 18.5. The monoisotopic (exact) mass is 921 g/mol. The molecule has 0 aromatic rings. The maximum absolute atomic E-state index is 12.8. The van der Waals surface area contributed by atoms with E-state index < -0.39 is 6.10 Å². The molecule has 1 atom stereocenters. The third-order valence-corrected chi connectivity index (χ3v) is 12.0. The molecule has 0 bridgehead atoms. The molecule has 0 N–H and O–H groups in total. The Kier molecular flexibility index (Phi) is 51.9. The van der Waals surface area contributed by atoms with Crippen LogP contribution in [0.5, 0.6) is 0 Å². The zero-order chi connectivity index (χ0) is 47.9. The SMILES string of the molecule is CC/C=C\C/C=C\C/C=C\C/C=C\C/C=C\CCC(=O)OC(COC(=O)CCCCCCCCC/C=C\CCCCCCCC)COC(=O)CCCCCCCCCCCCCCCCC. The fourth-order valence-electron chi connectivity index (χ4n) is 7.78. The summed E-state index contributed by atoms with van der Waals surface area (Å²) in [5.74, 6) is -0.984. The number of allylic oxidation sites excluding steroid dienone is 12. The predicted octanol–water partition coefficient (Wildman–Crippen LogP) is 18.6. The van der Waals surface area contributed by atoms with Crippen LogP contribution < -0.4 is 0 Å². The van der Waals surface area contributed by atoms with E-state index in [1.54, 1.807) is 0 Å². The minimum Gasteiger partial charge on any atom is -0.462 e. The highest BCUT2D eigenvalue weighted by Gasteiger charge is 2.19. The lowest BCUT2D eigenvalue weighted by molar-refractivity contribution is -0.166. The molecule has 0 aromatic carbocycles. The summed E-state index contributed by atoms with van der Waals surface area (Å²) in [6.45, 7) is 6.48. The number of ether oxygens (including phenoxy) is 3. The number of carbonyl (C=O) groups excluding carboxylic acids is 3. The molecule has 66 heavy (non-hydrogen) atoms. The van der Waals surface area contributed by atoms with Gasteiger partial charge in [0.15, 0.2) is 6.10 Å². The smallest absolute Gasteiger partial charge is 0.306 e. The quantitative estimate of drug-likeness (QED) is 0.0262. The molecule has 0 aromatic heterocycles. The fourth-order valence-corrected chi connectivity index (χ4v) is 7.78. The Morgan fingerprint density at radius 3 is 0.985 bits per heavy atom. The van der Waals surface area contributed by atoms with Gasteiger partial charge in [0.05, 0.1) is 0 Å². The Balaban J connectivity index is 4.47. The van der Waals surface area contributed by atoms with Crippen molar-refractivity contribution in [3.8, 4) is 0 Å². The van der Waals surface area contributed by atoms with Crippen LogP contribution in [0.2, 0.25) is 0 Å². The largest absolute Gasteiger partial charge is 0.462 e. The van der Waals surface area contributed by atoms with Gasteiger partial charge < -0.3 is 14.2 Å². The molecular formula is C60H104O6. The lowest BCUT2D eigenvalue weighted by Gasteiger charge is -2.18. The molecule has 0 saturated heterocycles. The Morgan fingerprint density at radius 1 is 0.318 bits per heavy atom. The summed E-state index contributed by atoms with van der Waals surface area (Å²) in [7, 11) is 0. The average Bonchev–Trinajstić information content (AvgIpc) is 3.31. The zero-order valence-corrected chi connectivity index (χ0v) is 43.4. The van der Waals surface area contributed by atoms with Crippen LogP contribution in [0.4, 0.5) is 0 Å². The molecule has 0 rings (SSSR count). The van der Waals surface area contributed by atoms with Crippen molar-refractivity contribution in [2.24, 2.45) is 0 Å². The maximum Gasteiger partial charge on any atom is 0.306 e. The fraction of sp³-hybridized carbons (Fsp3) is 0.750. The first-order chi connectivity index (χ1) is 32.5. The lowest BCUT2D eigenvalue weighted by atomic mass is 10.0. The molecule has 0 fully saturated rings. The molecule has 6 nitrogen and oxygen atoms in total. The number of esters is 3. The van der Waals surface area contributed by atoms with Gasteiger partial charge in [-0.05, 0) is 77.0 Å². The molecular weight excluding hydrogens is 817 g/mol. The van der Waals surface area contributed by atoms with Crippen LogP contribution in [0.15, 0.2) is 72.9 Å². The highest BCUT2D eigenvalue weighted by atomic mass is 16.6. The van der Waals surface area contributed by atoms with E-state index in [1.165, 1.54) is 154 Å². The molecule has 0 radical (unpaired) electrons. The van der Waals surface area contributed by atoms with Crippen molar-refractivity contribution in [2.75, 3.05) is 13.2 Å². The van der Waals surface area contributed by atoms with Crippen molar-refractivity contribution in [3.63, 3.8) is 0 Å². The van der Waals surface area contributed by atoms with E-state index in [0.29, 0.717) is 19.3 Å². The third kappa shape index (κ3) is 51.8. The molecule has 0 aliphatic heterocycles. The van der Waals surface area contributed by atoms with Gasteiger partial charge in [-0.1, -0.05) is 248 Å². The van der Waals surface area contributed by atoms with Crippen LogP contribution in [0.25, 0.3) is 0 Å². The number of carbonyl (C=O) groups is 3. The van der Waals surface area contributed by atoms with E-state index in [4.69, 9.17) is 14.2 Å². The normalized spacial score (nSPS) is 12.6. The number of unbranched alkanes of at least 4 members (excludes halogenated alkanes) is 27. The van der Waals surface area contributed by atoms with Gasteiger partial charge >= 0.3 is 17.9 Å². The van der Waals surface area contributed by atoms with Crippen LogP contribution >= 0.6 is 0 Å². The first kappa shape index (κ1) is 62.8. The molecule has 0 amide bonds. The van der Waals surface area contributed by atoms with Crippen molar-refractivity contribution in [1.29, 1.82) is 0 Å². The van der Waals surface area contributed by atoms with Gasteiger partial charge in [-0.2, -0.15) is 0 Å². The number of hydrogen-bond acceptors (Lipinski definition) is 6. The minimum absolute atomic E-state index is 0.104. The molecule has 380 valence electrons. The summed E-state index contributed by atoms with van der Waals surface area (Å²) in [5, 5.41) is 0. The highest BCUT2D eigenvalue weighted by molar-refractivity contribution is 5.71. The molecule has 1 unspecified atom stereocenters. The van der Waals surface area contributed by atoms with Crippen LogP contribution in [-0.2, 0) is 28.6 Å².